The number of benzene rings is 2. The number of ether oxygens (including phenoxy) is 2. The number of hydrogen-bond donors (Lipinski definition) is 1. The molecular weight excluding hydrogens is 426 g/mol. The first-order valence-electron chi connectivity index (χ1n) is 9.49. The van der Waals surface area contributed by atoms with Crippen LogP contribution in [0.4, 0.5) is 16.2 Å². The van der Waals surface area contributed by atoms with Crippen LogP contribution >= 0.6 is 0 Å². The number of nitro groups is 2. The number of amides is 1. The van der Waals surface area contributed by atoms with Gasteiger partial charge in [0.1, 0.15) is 19.3 Å². The van der Waals surface area contributed by atoms with E-state index in [0.717, 1.165) is 4.90 Å². The smallest absolute Gasteiger partial charge is 0.410 e. The Labute approximate surface area is 181 Å². The Kier molecular flexibility index (Phi) is 6.95. The summed E-state index contributed by atoms with van der Waals surface area (Å²) in [7, 11) is 0. The normalized spacial score (nSPS) is 17.6. The van der Waals surface area contributed by atoms with E-state index >= 15 is 0 Å². The molecule has 12 heteroatoms. The Morgan fingerprint density at radius 1 is 0.906 bits per heavy atom. The summed E-state index contributed by atoms with van der Waals surface area (Å²) in [6.07, 6.45) is -1.79. The Bertz CT molecular complexity index is 926. The van der Waals surface area contributed by atoms with E-state index < -0.39 is 34.1 Å². The summed E-state index contributed by atoms with van der Waals surface area (Å²) in [6.45, 7) is -0.445. The number of nitrogens with zero attached hydrogens (tertiary/aromatic N) is 3. The molecule has 1 heterocycles. The number of non-ortho nitro benzene ring substituents is 2. The molecule has 32 heavy (non-hydrogen) atoms. The van der Waals surface area contributed by atoms with Crippen LogP contribution in [-0.2, 0) is 27.5 Å². The third-order valence-electron chi connectivity index (χ3n) is 4.82. The van der Waals surface area contributed by atoms with E-state index in [1.165, 1.54) is 48.5 Å². The Morgan fingerprint density at radius 2 is 1.38 bits per heavy atom. The molecule has 168 valence electrons. The molecule has 1 N–H and O–H groups in total. The van der Waals surface area contributed by atoms with Crippen molar-refractivity contribution >= 4 is 23.4 Å². The van der Waals surface area contributed by atoms with Crippen molar-refractivity contribution in [3.8, 4) is 0 Å². The fourth-order valence-electron chi connectivity index (χ4n) is 3.15. The van der Waals surface area contributed by atoms with Crippen LogP contribution in [0.25, 0.3) is 0 Å². The molecule has 0 bridgehead atoms. The van der Waals surface area contributed by atoms with Crippen molar-refractivity contribution in [1.82, 2.24) is 4.90 Å². The highest BCUT2D eigenvalue weighted by Crippen LogP contribution is 2.22. The second kappa shape index (κ2) is 9.83. The van der Waals surface area contributed by atoms with E-state index in [-0.39, 0.29) is 37.6 Å². The molecule has 12 nitrogen and oxygen atoms in total. The van der Waals surface area contributed by atoms with Gasteiger partial charge >= 0.3 is 12.1 Å². The molecule has 2 aromatic rings. The van der Waals surface area contributed by atoms with Crippen molar-refractivity contribution in [3.63, 3.8) is 0 Å². The molecule has 1 aliphatic rings. The fourth-order valence-corrected chi connectivity index (χ4v) is 3.15. The van der Waals surface area contributed by atoms with Crippen LogP contribution in [0.5, 0.6) is 0 Å². The summed E-state index contributed by atoms with van der Waals surface area (Å²) in [5, 5.41) is 31.3. The molecule has 0 aliphatic carbocycles. The van der Waals surface area contributed by atoms with Crippen molar-refractivity contribution < 1.29 is 34.0 Å². The first-order valence-corrected chi connectivity index (χ1v) is 9.49. The van der Waals surface area contributed by atoms with Gasteiger partial charge in [0.15, 0.2) is 0 Å². The maximum atomic E-state index is 12.5. The van der Waals surface area contributed by atoms with Crippen LogP contribution < -0.4 is 0 Å². The molecule has 3 rings (SSSR count). The van der Waals surface area contributed by atoms with Gasteiger partial charge in [0.25, 0.3) is 11.4 Å². The summed E-state index contributed by atoms with van der Waals surface area (Å²) < 4.78 is 10.4. The van der Waals surface area contributed by atoms with Gasteiger partial charge in [-0.1, -0.05) is 0 Å². The topological polar surface area (TPSA) is 162 Å². The van der Waals surface area contributed by atoms with Gasteiger partial charge in [-0.3, -0.25) is 25.1 Å². The lowest BCUT2D eigenvalue weighted by atomic mass is 10.2. The molecule has 1 saturated heterocycles. The predicted octanol–water partition coefficient (Wildman–Crippen LogP) is 2.32. The minimum atomic E-state index is -1.05. The maximum Gasteiger partial charge on any atom is 0.410 e. The minimum Gasteiger partial charge on any atom is -0.459 e. The number of likely N-dealkylation sites (tertiary alicyclic amines) is 1. The summed E-state index contributed by atoms with van der Waals surface area (Å²) in [4.78, 5) is 46.3. The van der Waals surface area contributed by atoms with E-state index in [4.69, 9.17) is 9.47 Å². The zero-order chi connectivity index (χ0) is 23.3. The van der Waals surface area contributed by atoms with Gasteiger partial charge in [0.05, 0.1) is 22.5 Å². The van der Waals surface area contributed by atoms with Crippen LogP contribution in [0.15, 0.2) is 48.5 Å². The predicted molar refractivity (Wildman–Crippen MR) is 107 cm³/mol. The van der Waals surface area contributed by atoms with E-state index in [9.17, 15) is 34.9 Å². The maximum absolute atomic E-state index is 12.5. The Hall–Kier alpha value is -4.06. The van der Waals surface area contributed by atoms with Gasteiger partial charge in [-0.15, -0.1) is 0 Å². The molecular formula is C20H19N3O9. The Morgan fingerprint density at radius 3 is 1.84 bits per heavy atom. The molecule has 0 saturated carbocycles. The molecule has 1 unspecified atom stereocenters. The average Bonchev–Trinajstić information content (AvgIpc) is 3.18. The highest BCUT2D eigenvalue weighted by Gasteiger charge is 2.41. The SMILES string of the molecule is O=C(OCc1ccc([N+](=O)[O-])cc1)[C@@H]1CC(O)CN1C(=O)OCc1ccc([N+](=O)[O-])cc1. The summed E-state index contributed by atoms with van der Waals surface area (Å²) in [5.41, 5.74) is 0.843. The molecule has 2 atom stereocenters. The number of aliphatic hydroxyl groups excluding tert-OH is 1. The lowest BCUT2D eigenvalue weighted by molar-refractivity contribution is -0.385. The number of rotatable bonds is 7. The van der Waals surface area contributed by atoms with Gasteiger partial charge in [0.2, 0.25) is 0 Å². The van der Waals surface area contributed by atoms with Gasteiger partial charge in [-0.25, -0.2) is 9.59 Å². The average molecular weight is 445 g/mol. The van der Waals surface area contributed by atoms with Gasteiger partial charge in [-0.2, -0.15) is 0 Å². The molecule has 2 aromatic carbocycles. The van der Waals surface area contributed by atoms with Gasteiger partial charge < -0.3 is 14.6 Å². The van der Waals surface area contributed by atoms with E-state index in [0.29, 0.717) is 11.1 Å². The number of carbonyl (C=O) groups excluding carboxylic acids is 2. The number of hydrogen-bond acceptors (Lipinski definition) is 9. The van der Waals surface area contributed by atoms with Crippen LogP contribution in [0.2, 0.25) is 0 Å². The lowest BCUT2D eigenvalue weighted by Gasteiger charge is -2.22. The number of esters is 1. The van der Waals surface area contributed by atoms with Crippen molar-refractivity contribution in [2.45, 2.75) is 31.8 Å². The van der Waals surface area contributed by atoms with Crippen molar-refractivity contribution in [3.05, 3.63) is 79.9 Å². The molecule has 1 amide bonds. The lowest BCUT2D eigenvalue weighted by Crippen LogP contribution is -2.41. The number of carbonyl (C=O) groups is 2. The fraction of sp³-hybridized carbons (Fsp3) is 0.300. The second-order valence-electron chi connectivity index (χ2n) is 7.07. The van der Waals surface area contributed by atoms with E-state index in [1.54, 1.807) is 0 Å². The molecule has 0 radical (unpaired) electrons. The largest absolute Gasteiger partial charge is 0.459 e. The second-order valence-corrected chi connectivity index (χ2v) is 7.07. The first-order chi connectivity index (χ1) is 15.2. The van der Waals surface area contributed by atoms with Gasteiger partial charge in [-0.05, 0) is 35.4 Å². The number of nitro benzene ring substituents is 2. The van der Waals surface area contributed by atoms with Crippen LogP contribution in [0, 0.1) is 20.2 Å². The van der Waals surface area contributed by atoms with Crippen LogP contribution in [0.3, 0.4) is 0 Å². The summed E-state index contributed by atoms with van der Waals surface area (Å²) >= 11 is 0. The third kappa shape index (κ3) is 5.55. The highest BCUT2D eigenvalue weighted by molar-refractivity contribution is 5.82. The quantitative estimate of drug-likeness (QED) is 0.383. The third-order valence-corrected chi connectivity index (χ3v) is 4.82. The van der Waals surface area contributed by atoms with E-state index in [2.05, 4.69) is 0 Å². The van der Waals surface area contributed by atoms with Gasteiger partial charge in [0, 0.05) is 30.7 Å². The zero-order valence-corrected chi connectivity index (χ0v) is 16.7. The number of β-amino-alcohol motifs (C(OH)–C–C–N with tert-alkyl or cyclic N) is 1. The molecule has 0 aromatic heterocycles. The molecule has 0 spiro atoms. The zero-order valence-electron chi connectivity index (χ0n) is 16.7. The number of aliphatic hydroxyl groups is 1. The van der Waals surface area contributed by atoms with Crippen LogP contribution in [0.1, 0.15) is 17.5 Å². The van der Waals surface area contributed by atoms with Crippen molar-refractivity contribution in [1.29, 1.82) is 0 Å². The molecule has 1 fully saturated rings. The van der Waals surface area contributed by atoms with Crippen molar-refractivity contribution in [2.75, 3.05) is 6.54 Å². The summed E-state index contributed by atoms with van der Waals surface area (Å²) in [5.74, 6) is -0.743. The first kappa shape index (κ1) is 22.6. The summed E-state index contributed by atoms with van der Waals surface area (Å²) in [6, 6.07) is 9.86. The highest BCUT2D eigenvalue weighted by atomic mass is 16.6. The standard InChI is InChI=1S/C20H19N3O9/c24-17-9-18(19(25)31-11-13-1-5-15(6-2-13)22(27)28)21(10-17)20(26)32-12-14-3-7-16(8-4-14)23(29)30/h1-8,17-18,24H,9-12H2/t17?,18-/m0/s1. The Balaban J connectivity index is 1.55. The minimum absolute atomic E-state index is 0.0221. The monoisotopic (exact) mass is 445 g/mol. The molecule has 1 aliphatic heterocycles. The van der Waals surface area contributed by atoms with E-state index in [1.807, 2.05) is 0 Å². The van der Waals surface area contributed by atoms with Crippen molar-refractivity contribution in [2.24, 2.45) is 0 Å². The van der Waals surface area contributed by atoms with Crippen LogP contribution in [-0.4, -0.2) is 50.6 Å².